The van der Waals surface area contributed by atoms with Crippen molar-refractivity contribution in [2.75, 3.05) is 0 Å². The molecule has 1 aliphatic heterocycles. The minimum absolute atomic E-state index is 0.233. The van der Waals surface area contributed by atoms with Crippen LogP contribution in [0.5, 0.6) is 0 Å². The second kappa shape index (κ2) is 4.93. The lowest BCUT2D eigenvalue weighted by atomic mass is 10.1. The normalized spacial score (nSPS) is 27.5. The molecule has 0 fully saturated rings. The summed E-state index contributed by atoms with van der Waals surface area (Å²) in [5.41, 5.74) is 1.37. The van der Waals surface area contributed by atoms with Gasteiger partial charge in [-0.1, -0.05) is 48.1 Å². The molecule has 82 valence electrons. The van der Waals surface area contributed by atoms with Crippen LogP contribution in [0, 0.1) is 0 Å². The highest BCUT2D eigenvalue weighted by molar-refractivity contribution is 5.44. The van der Waals surface area contributed by atoms with Crippen molar-refractivity contribution in [3.8, 4) is 0 Å². The second-order valence-corrected chi connectivity index (χ2v) is 4.18. The van der Waals surface area contributed by atoms with Crippen LogP contribution >= 0.6 is 0 Å². The Morgan fingerprint density at radius 1 is 1.19 bits per heavy atom. The highest BCUT2D eigenvalue weighted by atomic mass is 14.7. The van der Waals surface area contributed by atoms with Gasteiger partial charge in [-0.2, -0.15) is 0 Å². The van der Waals surface area contributed by atoms with Crippen LogP contribution in [0.15, 0.2) is 53.6 Å². The van der Waals surface area contributed by atoms with Crippen molar-refractivity contribution in [1.82, 2.24) is 0 Å². The quantitative estimate of drug-likeness (QED) is 0.625. The van der Waals surface area contributed by atoms with Crippen LogP contribution in [0.3, 0.4) is 0 Å². The van der Waals surface area contributed by atoms with E-state index < -0.39 is 0 Å². The fraction of sp³-hybridized carbons (Fsp3) is 0.267. The van der Waals surface area contributed by atoms with E-state index in [1.54, 1.807) is 0 Å². The Morgan fingerprint density at radius 2 is 2.00 bits per heavy atom. The van der Waals surface area contributed by atoms with Gasteiger partial charge in [-0.15, -0.1) is 0 Å². The minimum atomic E-state index is 0.233. The molecule has 1 heteroatoms. The summed E-state index contributed by atoms with van der Waals surface area (Å²) in [5, 5.41) is 2.38. The Bertz CT molecular complexity index is 535. The Labute approximate surface area is 96.5 Å². The largest absolute Gasteiger partial charge is 0.278 e. The van der Waals surface area contributed by atoms with Gasteiger partial charge in [0.25, 0.3) is 0 Å². The van der Waals surface area contributed by atoms with Crippen molar-refractivity contribution in [1.29, 1.82) is 0 Å². The number of hydrogen-bond acceptors (Lipinski definition) is 1. The summed E-state index contributed by atoms with van der Waals surface area (Å²) in [7, 11) is 0. The molecule has 0 aromatic heterocycles. The van der Waals surface area contributed by atoms with Crippen LogP contribution in [0.1, 0.15) is 20.3 Å². The van der Waals surface area contributed by atoms with Gasteiger partial charge in [0.15, 0.2) is 0 Å². The average Bonchev–Trinajstić information content (AvgIpc) is 2.28. The van der Waals surface area contributed by atoms with Gasteiger partial charge >= 0.3 is 0 Å². The number of nitrogens with zero attached hydrogens (tertiary/aromatic N) is 1. The summed E-state index contributed by atoms with van der Waals surface area (Å²) in [6.45, 7) is 4.28. The first-order valence-electron chi connectivity index (χ1n) is 5.73. The fourth-order valence-corrected chi connectivity index (χ4v) is 1.87. The summed E-state index contributed by atoms with van der Waals surface area (Å²) in [6, 6.07) is 8.60. The lowest BCUT2D eigenvalue weighted by Gasteiger charge is -2.02. The molecule has 0 amide bonds. The molecule has 1 heterocycles. The molecule has 0 spiro atoms. The number of allylic oxidation sites excluding steroid dienone is 3. The van der Waals surface area contributed by atoms with E-state index in [1.165, 1.54) is 10.8 Å². The maximum atomic E-state index is 4.71. The van der Waals surface area contributed by atoms with Crippen LogP contribution in [0.2, 0.25) is 0 Å². The third-order valence-electron chi connectivity index (χ3n) is 2.77. The molecule has 0 N–H and O–H groups in total. The number of hydrogen-bond donors (Lipinski definition) is 0. The summed E-state index contributed by atoms with van der Waals surface area (Å²) in [4.78, 5) is 4.71. The second-order valence-electron chi connectivity index (χ2n) is 4.18. The van der Waals surface area contributed by atoms with E-state index >= 15 is 0 Å². The van der Waals surface area contributed by atoms with Crippen LogP contribution < -0.4 is 10.6 Å². The highest BCUT2D eigenvalue weighted by Crippen LogP contribution is 2.01. The van der Waals surface area contributed by atoms with E-state index in [0.29, 0.717) is 0 Å². The molecule has 0 radical (unpaired) electrons. The molecule has 16 heavy (non-hydrogen) atoms. The first kappa shape index (κ1) is 10.9. The topological polar surface area (TPSA) is 12.4 Å². The summed E-state index contributed by atoms with van der Waals surface area (Å²) >= 11 is 0. The average molecular weight is 211 g/mol. The van der Waals surface area contributed by atoms with E-state index in [1.807, 2.05) is 6.07 Å². The molecule has 1 aliphatic rings. The molecule has 1 nitrogen and oxygen atoms in total. The zero-order chi connectivity index (χ0) is 11.4. The van der Waals surface area contributed by atoms with E-state index in [4.69, 9.17) is 4.99 Å². The maximum absolute atomic E-state index is 4.71. The molecule has 1 unspecified atom stereocenters. The lowest BCUT2D eigenvalue weighted by molar-refractivity contribution is 0.881. The molecule has 0 saturated carbocycles. The Balaban J connectivity index is 2.70. The molecule has 1 aromatic carbocycles. The number of fused-ring (bicyclic) bond motifs is 1. The molecule has 2 rings (SSSR count). The SMILES string of the molecule is C/C1=c2\ccccc2=NC(C)/C=C\C=C/C1. The van der Waals surface area contributed by atoms with Gasteiger partial charge in [-0.05, 0) is 31.6 Å². The van der Waals surface area contributed by atoms with Crippen LogP contribution in [-0.2, 0) is 0 Å². The maximum Gasteiger partial charge on any atom is 0.0662 e. The first-order chi connectivity index (χ1) is 7.77. The van der Waals surface area contributed by atoms with Crippen molar-refractivity contribution in [2.24, 2.45) is 4.99 Å². The Morgan fingerprint density at radius 3 is 2.88 bits per heavy atom. The van der Waals surface area contributed by atoms with Crippen LogP contribution in [-0.4, -0.2) is 6.04 Å². The first-order valence-corrected chi connectivity index (χ1v) is 5.73. The number of rotatable bonds is 0. The van der Waals surface area contributed by atoms with Crippen LogP contribution in [0.4, 0.5) is 0 Å². The zero-order valence-electron chi connectivity index (χ0n) is 9.85. The Kier molecular flexibility index (Phi) is 3.35. The molecule has 1 aromatic rings. The van der Waals surface area contributed by atoms with Crippen molar-refractivity contribution < 1.29 is 0 Å². The molecular formula is C15H17N. The number of para-hydroxylation sites is 1. The molecule has 1 atom stereocenters. The summed E-state index contributed by atoms with van der Waals surface area (Å²) in [6.07, 6.45) is 9.48. The predicted octanol–water partition coefficient (Wildman–Crippen LogP) is 2.38. The molecule has 0 aliphatic carbocycles. The Hall–Kier alpha value is -1.63. The predicted molar refractivity (Wildman–Crippen MR) is 68.7 cm³/mol. The van der Waals surface area contributed by atoms with Crippen molar-refractivity contribution in [3.63, 3.8) is 0 Å². The van der Waals surface area contributed by atoms with Gasteiger partial charge in [0, 0.05) is 0 Å². The van der Waals surface area contributed by atoms with Gasteiger partial charge in [0.05, 0.1) is 11.4 Å². The summed E-state index contributed by atoms with van der Waals surface area (Å²) in [5.74, 6) is 0. The van der Waals surface area contributed by atoms with Crippen molar-refractivity contribution in [3.05, 3.63) is 59.1 Å². The molecule has 0 saturated heterocycles. The van der Waals surface area contributed by atoms with Crippen LogP contribution in [0.25, 0.3) is 5.57 Å². The monoisotopic (exact) mass is 211 g/mol. The zero-order valence-corrected chi connectivity index (χ0v) is 9.85. The van der Waals surface area contributed by atoms with Crippen molar-refractivity contribution >= 4 is 5.57 Å². The van der Waals surface area contributed by atoms with E-state index in [2.05, 4.69) is 56.4 Å². The standard InChI is InChI=1S/C15H17N/c1-12-8-4-3-5-9-13(2)16-15-11-7-6-10-14(12)15/h3-7,9-11,13H,8H2,1-2H3/b4-3-,9-5-,14-12-,16-15?. The lowest BCUT2D eigenvalue weighted by Crippen LogP contribution is -2.27. The van der Waals surface area contributed by atoms with Gasteiger partial charge in [-0.25, -0.2) is 0 Å². The van der Waals surface area contributed by atoms with E-state index in [9.17, 15) is 0 Å². The highest BCUT2D eigenvalue weighted by Gasteiger charge is 1.96. The van der Waals surface area contributed by atoms with Gasteiger partial charge in [0.2, 0.25) is 0 Å². The third-order valence-corrected chi connectivity index (χ3v) is 2.77. The molecule has 0 bridgehead atoms. The van der Waals surface area contributed by atoms with E-state index in [0.717, 1.165) is 11.8 Å². The summed E-state index contributed by atoms with van der Waals surface area (Å²) < 4.78 is 0. The van der Waals surface area contributed by atoms with Gasteiger partial charge in [0.1, 0.15) is 0 Å². The molecular weight excluding hydrogens is 194 g/mol. The van der Waals surface area contributed by atoms with Gasteiger partial charge < -0.3 is 0 Å². The third kappa shape index (κ3) is 2.48. The van der Waals surface area contributed by atoms with Crippen molar-refractivity contribution in [2.45, 2.75) is 26.3 Å². The van der Waals surface area contributed by atoms with E-state index in [-0.39, 0.29) is 6.04 Å². The minimum Gasteiger partial charge on any atom is -0.278 e. The smallest absolute Gasteiger partial charge is 0.0662 e. The van der Waals surface area contributed by atoms with Gasteiger partial charge in [-0.3, -0.25) is 4.99 Å². The fourth-order valence-electron chi connectivity index (χ4n) is 1.87. The number of benzene rings is 1.